The van der Waals surface area contributed by atoms with Crippen molar-refractivity contribution in [2.75, 3.05) is 6.54 Å². The fourth-order valence-electron chi connectivity index (χ4n) is 2.25. The van der Waals surface area contributed by atoms with E-state index in [1.54, 1.807) is 0 Å². The minimum Gasteiger partial charge on any atom is -0.314 e. The molecule has 1 aromatic rings. The highest BCUT2D eigenvalue weighted by molar-refractivity contribution is 6.31. The van der Waals surface area contributed by atoms with Gasteiger partial charge in [0, 0.05) is 11.1 Å². The average Bonchev–Trinajstić information content (AvgIpc) is 2.34. The van der Waals surface area contributed by atoms with Crippen molar-refractivity contribution in [2.45, 2.75) is 52.5 Å². The van der Waals surface area contributed by atoms with E-state index in [9.17, 15) is 0 Å². The van der Waals surface area contributed by atoms with Crippen molar-refractivity contribution in [3.8, 4) is 0 Å². The molecule has 0 aliphatic carbocycles. The molecule has 102 valence electrons. The molecular formula is C16H26ClN. The number of halogens is 1. The van der Waals surface area contributed by atoms with E-state index in [-0.39, 0.29) is 0 Å². The van der Waals surface area contributed by atoms with Crippen LogP contribution in [0.25, 0.3) is 0 Å². The summed E-state index contributed by atoms with van der Waals surface area (Å²) in [6, 6.07) is 8.79. The van der Waals surface area contributed by atoms with E-state index >= 15 is 0 Å². The normalized spacial score (nSPS) is 12.9. The van der Waals surface area contributed by atoms with E-state index in [2.05, 4.69) is 38.2 Å². The standard InChI is InChI=1S/C16H26ClN/c1-4-11-18-15(12-13(2)3)10-9-14-7-5-6-8-16(14)17/h5-8,13,15,18H,4,9-12H2,1-3H3. The van der Waals surface area contributed by atoms with Gasteiger partial charge in [-0.05, 0) is 49.8 Å². The largest absolute Gasteiger partial charge is 0.314 e. The number of benzene rings is 1. The third kappa shape index (κ3) is 5.88. The Morgan fingerprint density at radius 1 is 1.22 bits per heavy atom. The number of nitrogens with one attached hydrogen (secondary N) is 1. The van der Waals surface area contributed by atoms with Crippen LogP contribution in [0.2, 0.25) is 5.02 Å². The van der Waals surface area contributed by atoms with Gasteiger partial charge in [0.15, 0.2) is 0 Å². The van der Waals surface area contributed by atoms with Crippen molar-refractivity contribution < 1.29 is 0 Å². The Labute approximate surface area is 117 Å². The molecule has 0 radical (unpaired) electrons. The Balaban J connectivity index is 2.47. The topological polar surface area (TPSA) is 12.0 Å². The highest BCUT2D eigenvalue weighted by Gasteiger charge is 2.11. The second kappa shape index (κ2) is 8.55. The van der Waals surface area contributed by atoms with E-state index in [1.165, 1.54) is 24.8 Å². The van der Waals surface area contributed by atoms with Crippen LogP contribution >= 0.6 is 11.6 Å². The minimum atomic E-state index is 0.612. The first kappa shape index (κ1) is 15.5. The maximum absolute atomic E-state index is 6.20. The van der Waals surface area contributed by atoms with Crippen molar-refractivity contribution in [3.05, 3.63) is 34.9 Å². The van der Waals surface area contributed by atoms with E-state index in [4.69, 9.17) is 11.6 Å². The molecule has 1 aromatic carbocycles. The Bertz CT molecular complexity index is 336. The summed E-state index contributed by atoms with van der Waals surface area (Å²) in [5.74, 6) is 0.741. The number of hydrogen-bond acceptors (Lipinski definition) is 1. The first-order valence-corrected chi connectivity index (χ1v) is 7.48. The molecule has 0 bridgehead atoms. The van der Waals surface area contributed by atoms with Crippen molar-refractivity contribution in [1.29, 1.82) is 0 Å². The summed E-state index contributed by atoms with van der Waals surface area (Å²) in [5, 5.41) is 4.55. The lowest BCUT2D eigenvalue weighted by Gasteiger charge is -2.20. The number of rotatable bonds is 8. The van der Waals surface area contributed by atoms with E-state index in [1.807, 2.05) is 12.1 Å². The molecule has 0 spiro atoms. The van der Waals surface area contributed by atoms with Gasteiger partial charge in [-0.1, -0.05) is 50.6 Å². The van der Waals surface area contributed by atoms with Crippen LogP contribution < -0.4 is 5.32 Å². The van der Waals surface area contributed by atoms with Crippen molar-refractivity contribution in [1.82, 2.24) is 5.32 Å². The van der Waals surface area contributed by atoms with Crippen LogP contribution in [0.3, 0.4) is 0 Å². The van der Waals surface area contributed by atoms with Gasteiger partial charge in [0.25, 0.3) is 0 Å². The van der Waals surface area contributed by atoms with E-state index < -0.39 is 0 Å². The first-order valence-electron chi connectivity index (χ1n) is 7.10. The van der Waals surface area contributed by atoms with Gasteiger partial charge in [-0.2, -0.15) is 0 Å². The van der Waals surface area contributed by atoms with Crippen molar-refractivity contribution in [2.24, 2.45) is 5.92 Å². The van der Waals surface area contributed by atoms with Crippen molar-refractivity contribution >= 4 is 11.6 Å². The van der Waals surface area contributed by atoms with Crippen LogP contribution in [0.1, 0.15) is 45.6 Å². The van der Waals surface area contributed by atoms with Gasteiger partial charge in [-0.15, -0.1) is 0 Å². The Morgan fingerprint density at radius 2 is 1.94 bits per heavy atom. The van der Waals surface area contributed by atoms with Gasteiger partial charge in [0.1, 0.15) is 0 Å². The summed E-state index contributed by atoms with van der Waals surface area (Å²) < 4.78 is 0. The molecule has 1 N–H and O–H groups in total. The predicted molar refractivity (Wildman–Crippen MR) is 81.3 cm³/mol. The predicted octanol–water partition coefficient (Wildman–Crippen LogP) is 4.69. The van der Waals surface area contributed by atoms with Crippen LogP contribution in [0.15, 0.2) is 24.3 Å². The van der Waals surface area contributed by atoms with Crippen LogP contribution in [-0.2, 0) is 6.42 Å². The van der Waals surface area contributed by atoms with Crippen LogP contribution in [0.4, 0.5) is 0 Å². The number of aryl methyl sites for hydroxylation is 1. The molecule has 0 aliphatic rings. The zero-order chi connectivity index (χ0) is 13.4. The molecular weight excluding hydrogens is 242 g/mol. The highest BCUT2D eigenvalue weighted by Crippen LogP contribution is 2.18. The molecule has 0 aliphatic heterocycles. The van der Waals surface area contributed by atoms with Gasteiger partial charge >= 0.3 is 0 Å². The average molecular weight is 268 g/mol. The van der Waals surface area contributed by atoms with Gasteiger partial charge < -0.3 is 5.32 Å². The molecule has 0 saturated carbocycles. The molecule has 1 nitrogen and oxygen atoms in total. The second-order valence-corrected chi connectivity index (χ2v) is 5.82. The lowest BCUT2D eigenvalue weighted by Crippen LogP contribution is -2.31. The Kier molecular flexibility index (Phi) is 7.38. The zero-order valence-electron chi connectivity index (χ0n) is 11.9. The molecule has 0 amide bonds. The highest BCUT2D eigenvalue weighted by atomic mass is 35.5. The van der Waals surface area contributed by atoms with Gasteiger partial charge in [0.2, 0.25) is 0 Å². The molecule has 1 unspecified atom stereocenters. The molecule has 0 aromatic heterocycles. The number of hydrogen-bond donors (Lipinski definition) is 1. The Hall–Kier alpha value is -0.530. The monoisotopic (exact) mass is 267 g/mol. The minimum absolute atomic E-state index is 0.612. The van der Waals surface area contributed by atoms with Gasteiger partial charge in [-0.3, -0.25) is 0 Å². The quantitative estimate of drug-likeness (QED) is 0.721. The molecule has 2 heteroatoms. The van der Waals surface area contributed by atoms with Gasteiger partial charge in [0.05, 0.1) is 0 Å². The third-order valence-electron chi connectivity index (χ3n) is 3.16. The van der Waals surface area contributed by atoms with Crippen molar-refractivity contribution in [3.63, 3.8) is 0 Å². The fourth-order valence-corrected chi connectivity index (χ4v) is 2.48. The molecule has 18 heavy (non-hydrogen) atoms. The van der Waals surface area contributed by atoms with E-state index in [0.717, 1.165) is 23.9 Å². The van der Waals surface area contributed by atoms with Crippen LogP contribution in [0, 0.1) is 5.92 Å². The smallest absolute Gasteiger partial charge is 0.0437 e. The van der Waals surface area contributed by atoms with Gasteiger partial charge in [-0.25, -0.2) is 0 Å². The molecule has 0 fully saturated rings. The molecule has 1 atom stereocenters. The van der Waals surface area contributed by atoms with E-state index in [0.29, 0.717) is 6.04 Å². The lowest BCUT2D eigenvalue weighted by molar-refractivity contribution is 0.399. The zero-order valence-corrected chi connectivity index (χ0v) is 12.6. The maximum atomic E-state index is 6.20. The fraction of sp³-hybridized carbons (Fsp3) is 0.625. The van der Waals surface area contributed by atoms with Crippen LogP contribution in [0.5, 0.6) is 0 Å². The summed E-state index contributed by atoms with van der Waals surface area (Å²) in [7, 11) is 0. The lowest BCUT2D eigenvalue weighted by atomic mass is 9.97. The maximum Gasteiger partial charge on any atom is 0.0437 e. The second-order valence-electron chi connectivity index (χ2n) is 5.41. The molecule has 0 heterocycles. The Morgan fingerprint density at radius 3 is 2.56 bits per heavy atom. The van der Waals surface area contributed by atoms with Crippen LogP contribution in [-0.4, -0.2) is 12.6 Å². The molecule has 0 saturated heterocycles. The third-order valence-corrected chi connectivity index (χ3v) is 3.53. The summed E-state index contributed by atoms with van der Waals surface area (Å²) in [6.07, 6.45) is 4.67. The SMILES string of the molecule is CCCNC(CCc1ccccc1Cl)CC(C)C. The molecule has 1 rings (SSSR count). The summed E-state index contributed by atoms with van der Waals surface area (Å²) in [5.41, 5.74) is 1.27. The first-order chi connectivity index (χ1) is 8.63. The summed E-state index contributed by atoms with van der Waals surface area (Å²) in [4.78, 5) is 0. The summed E-state index contributed by atoms with van der Waals surface area (Å²) in [6.45, 7) is 7.90. The summed E-state index contributed by atoms with van der Waals surface area (Å²) >= 11 is 6.20.